The Balaban J connectivity index is 4.52. The SMILES string of the molecule is CC\C=C/C=C\C=C/C=C\C=C/CCCC(=O)OC(COC(=O)CCCCCCCCC\C=C/C=C\C=C/CC)COC(=O)CCCCCCCCCCCCC. The topological polar surface area (TPSA) is 78.9 Å². The van der Waals surface area contributed by atoms with Crippen LogP contribution in [-0.2, 0) is 28.6 Å². The maximum Gasteiger partial charge on any atom is 0.306 e. The molecule has 0 aromatic heterocycles. The minimum atomic E-state index is -0.816. The van der Waals surface area contributed by atoms with Crippen molar-refractivity contribution in [2.24, 2.45) is 0 Å². The van der Waals surface area contributed by atoms with Crippen LogP contribution in [0.3, 0.4) is 0 Å². The van der Waals surface area contributed by atoms with Crippen molar-refractivity contribution in [1.29, 1.82) is 0 Å². The van der Waals surface area contributed by atoms with Crippen LogP contribution in [0.2, 0.25) is 0 Å². The molecular weight excluding hydrogens is 709 g/mol. The van der Waals surface area contributed by atoms with Gasteiger partial charge in [0.05, 0.1) is 0 Å². The molecule has 6 nitrogen and oxygen atoms in total. The number of rotatable bonds is 39. The monoisotopic (exact) mass is 791 g/mol. The number of carbonyl (C=O) groups is 3. The Morgan fingerprint density at radius 2 is 0.702 bits per heavy atom. The predicted molar refractivity (Wildman–Crippen MR) is 242 cm³/mol. The van der Waals surface area contributed by atoms with Gasteiger partial charge in [-0.1, -0.05) is 214 Å². The average Bonchev–Trinajstić information content (AvgIpc) is 3.21. The molecule has 0 aromatic carbocycles. The van der Waals surface area contributed by atoms with Crippen molar-refractivity contribution in [1.82, 2.24) is 0 Å². The first-order valence-electron chi connectivity index (χ1n) is 22.8. The molecule has 0 aliphatic carbocycles. The molecule has 0 fully saturated rings. The zero-order valence-electron chi connectivity index (χ0n) is 36.6. The summed E-state index contributed by atoms with van der Waals surface area (Å²) in [5, 5.41) is 0. The lowest BCUT2D eigenvalue weighted by molar-refractivity contribution is -0.167. The van der Waals surface area contributed by atoms with Gasteiger partial charge in [0.15, 0.2) is 6.10 Å². The van der Waals surface area contributed by atoms with Gasteiger partial charge >= 0.3 is 17.9 Å². The van der Waals surface area contributed by atoms with Crippen molar-refractivity contribution in [3.63, 3.8) is 0 Å². The van der Waals surface area contributed by atoms with Crippen LogP contribution in [0.15, 0.2) is 97.2 Å². The van der Waals surface area contributed by atoms with Crippen LogP contribution in [0.1, 0.15) is 188 Å². The highest BCUT2D eigenvalue weighted by Gasteiger charge is 2.19. The molecule has 0 aromatic rings. The molecule has 1 unspecified atom stereocenters. The number of hydrogen-bond donors (Lipinski definition) is 0. The first-order chi connectivity index (χ1) is 28.0. The summed E-state index contributed by atoms with van der Waals surface area (Å²) in [4.78, 5) is 37.7. The molecule has 0 aliphatic rings. The van der Waals surface area contributed by atoms with E-state index in [1.807, 2.05) is 54.7 Å². The van der Waals surface area contributed by atoms with Gasteiger partial charge in [-0.25, -0.2) is 0 Å². The fraction of sp³-hybridized carbons (Fsp3) is 0.627. The number of allylic oxidation sites excluding steroid dienone is 16. The van der Waals surface area contributed by atoms with Crippen LogP contribution >= 0.6 is 0 Å². The zero-order valence-corrected chi connectivity index (χ0v) is 36.6. The van der Waals surface area contributed by atoms with E-state index in [1.165, 1.54) is 77.0 Å². The quantitative estimate of drug-likeness (QED) is 0.0267. The average molecular weight is 791 g/mol. The Kier molecular flexibility index (Phi) is 42.1. The molecule has 0 radical (unpaired) electrons. The lowest BCUT2D eigenvalue weighted by atomic mass is 10.1. The van der Waals surface area contributed by atoms with Gasteiger partial charge in [0.1, 0.15) is 13.2 Å². The van der Waals surface area contributed by atoms with E-state index >= 15 is 0 Å². The molecule has 0 spiro atoms. The molecule has 0 aliphatic heterocycles. The Bertz CT molecular complexity index is 1180. The Hall–Kier alpha value is -3.67. The third-order valence-corrected chi connectivity index (χ3v) is 9.27. The molecule has 0 rings (SSSR count). The molecule has 0 N–H and O–H groups in total. The fourth-order valence-electron chi connectivity index (χ4n) is 5.88. The van der Waals surface area contributed by atoms with E-state index in [0.29, 0.717) is 19.3 Å². The van der Waals surface area contributed by atoms with Crippen molar-refractivity contribution >= 4 is 17.9 Å². The van der Waals surface area contributed by atoms with Crippen molar-refractivity contribution in [2.75, 3.05) is 13.2 Å². The van der Waals surface area contributed by atoms with Crippen LogP contribution in [-0.4, -0.2) is 37.2 Å². The van der Waals surface area contributed by atoms with E-state index in [9.17, 15) is 14.4 Å². The molecule has 6 heteroatoms. The summed E-state index contributed by atoms with van der Waals surface area (Å²) >= 11 is 0. The largest absolute Gasteiger partial charge is 0.462 e. The van der Waals surface area contributed by atoms with Gasteiger partial charge in [0, 0.05) is 19.3 Å². The highest BCUT2D eigenvalue weighted by Crippen LogP contribution is 2.14. The van der Waals surface area contributed by atoms with Crippen LogP contribution in [0.4, 0.5) is 0 Å². The third kappa shape index (κ3) is 43.3. The minimum Gasteiger partial charge on any atom is -0.462 e. The van der Waals surface area contributed by atoms with Crippen molar-refractivity contribution in [2.45, 2.75) is 194 Å². The van der Waals surface area contributed by atoms with Crippen LogP contribution in [0.25, 0.3) is 0 Å². The molecule has 0 heterocycles. The van der Waals surface area contributed by atoms with E-state index in [1.54, 1.807) is 0 Å². The second kappa shape index (κ2) is 45.0. The van der Waals surface area contributed by atoms with E-state index in [0.717, 1.165) is 64.2 Å². The van der Waals surface area contributed by atoms with Gasteiger partial charge < -0.3 is 14.2 Å². The molecule has 0 saturated heterocycles. The molecule has 0 bridgehead atoms. The normalized spacial score (nSPS) is 13.0. The van der Waals surface area contributed by atoms with Gasteiger partial charge in [0.25, 0.3) is 0 Å². The molecule has 0 saturated carbocycles. The van der Waals surface area contributed by atoms with E-state index in [4.69, 9.17) is 14.2 Å². The third-order valence-electron chi connectivity index (χ3n) is 9.27. The highest BCUT2D eigenvalue weighted by molar-refractivity contribution is 5.71. The Morgan fingerprint density at radius 1 is 0.368 bits per heavy atom. The minimum absolute atomic E-state index is 0.110. The summed E-state index contributed by atoms with van der Waals surface area (Å²) in [6.45, 7) is 6.26. The number of unbranched alkanes of at least 4 members (excludes halogenated alkanes) is 18. The van der Waals surface area contributed by atoms with Gasteiger partial charge in [0.2, 0.25) is 0 Å². The number of hydrogen-bond acceptors (Lipinski definition) is 6. The molecular formula is C51H82O6. The van der Waals surface area contributed by atoms with Crippen LogP contribution in [0.5, 0.6) is 0 Å². The molecule has 57 heavy (non-hydrogen) atoms. The molecule has 0 amide bonds. The lowest BCUT2D eigenvalue weighted by Gasteiger charge is -2.18. The number of ether oxygens (including phenoxy) is 3. The van der Waals surface area contributed by atoms with Gasteiger partial charge in [-0.15, -0.1) is 0 Å². The second-order valence-corrected chi connectivity index (χ2v) is 14.7. The maximum atomic E-state index is 12.7. The van der Waals surface area contributed by atoms with E-state index < -0.39 is 6.10 Å². The Morgan fingerprint density at radius 3 is 1.12 bits per heavy atom. The number of esters is 3. The van der Waals surface area contributed by atoms with Gasteiger partial charge in [-0.05, 0) is 51.4 Å². The maximum absolute atomic E-state index is 12.7. The summed E-state index contributed by atoms with van der Waals surface area (Å²) in [5.41, 5.74) is 0. The second-order valence-electron chi connectivity index (χ2n) is 14.7. The Labute approximate surface area is 349 Å². The standard InChI is InChI=1S/C51H82O6/c1-4-7-10-13-16-19-22-24-25-27-29-32-35-38-41-44-50(53)56-47-48(46-55-49(52)43-40-37-34-31-28-21-18-15-12-9-6-3)57-51(54)45-42-39-36-33-30-26-23-20-17-14-11-8-5-2/h7-8,10-11,13-14,16-17,19-20,22-23,26,30,33,36,48H,4-6,9,12,15,18,21,24-25,27-29,31-32,34-35,37-47H2,1-3H3/b10-7-,11-8-,16-13-,17-14-,22-19-,23-20-,30-26-,36-33-. The van der Waals surface area contributed by atoms with Gasteiger partial charge in [-0.3, -0.25) is 14.4 Å². The summed E-state index contributed by atoms with van der Waals surface area (Å²) in [7, 11) is 0. The number of carbonyl (C=O) groups excluding carboxylic acids is 3. The summed E-state index contributed by atoms with van der Waals surface area (Å²) in [6, 6.07) is 0. The van der Waals surface area contributed by atoms with E-state index in [-0.39, 0.29) is 37.5 Å². The van der Waals surface area contributed by atoms with Crippen molar-refractivity contribution in [3.05, 3.63) is 97.2 Å². The first-order valence-corrected chi connectivity index (χ1v) is 22.8. The fourth-order valence-corrected chi connectivity index (χ4v) is 5.88. The van der Waals surface area contributed by atoms with Crippen molar-refractivity contribution in [3.8, 4) is 0 Å². The summed E-state index contributed by atoms with van der Waals surface area (Å²) in [5.74, 6) is -1.01. The zero-order chi connectivity index (χ0) is 41.5. The summed E-state index contributed by atoms with van der Waals surface area (Å²) in [6.07, 6.45) is 58.2. The smallest absolute Gasteiger partial charge is 0.306 e. The molecule has 322 valence electrons. The van der Waals surface area contributed by atoms with Crippen LogP contribution < -0.4 is 0 Å². The lowest BCUT2D eigenvalue weighted by Crippen LogP contribution is -2.30. The van der Waals surface area contributed by atoms with Crippen LogP contribution in [0, 0.1) is 0 Å². The molecule has 1 atom stereocenters. The van der Waals surface area contributed by atoms with Crippen molar-refractivity contribution < 1.29 is 28.6 Å². The first kappa shape index (κ1) is 53.3. The highest BCUT2D eigenvalue weighted by atomic mass is 16.6. The van der Waals surface area contributed by atoms with Gasteiger partial charge in [-0.2, -0.15) is 0 Å². The predicted octanol–water partition coefficient (Wildman–Crippen LogP) is 14.6. The summed E-state index contributed by atoms with van der Waals surface area (Å²) < 4.78 is 16.6. The van der Waals surface area contributed by atoms with E-state index in [2.05, 4.69) is 63.3 Å².